The first-order valence-electron chi connectivity index (χ1n) is 12.8. The minimum absolute atomic E-state index is 0.0712. The quantitative estimate of drug-likeness (QED) is 0.363. The summed E-state index contributed by atoms with van der Waals surface area (Å²) in [5, 5.41) is 14.9. The molecule has 8 nitrogen and oxygen atoms in total. The molecule has 0 saturated heterocycles. The smallest absolute Gasteiger partial charge is 0.330 e. The first-order valence-corrected chi connectivity index (χ1v) is 12.8. The van der Waals surface area contributed by atoms with E-state index < -0.39 is 30.3 Å². The molecule has 0 radical (unpaired) electrons. The molecule has 2 aromatic carbocycles. The van der Waals surface area contributed by atoms with Gasteiger partial charge in [0.1, 0.15) is 11.5 Å². The summed E-state index contributed by atoms with van der Waals surface area (Å²) in [4.78, 5) is 14.9. The number of aromatic nitrogens is 4. The van der Waals surface area contributed by atoms with Crippen LogP contribution in [0, 0.1) is 6.92 Å². The van der Waals surface area contributed by atoms with Gasteiger partial charge in [-0.25, -0.2) is 9.48 Å². The molecule has 2 aromatic heterocycles. The second-order valence-electron chi connectivity index (χ2n) is 10.2. The van der Waals surface area contributed by atoms with E-state index in [-0.39, 0.29) is 6.54 Å². The number of nitrogens with one attached hydrogen (secondary N) is 2. The van der Waals surface area contributed by atoms with Gasteiger partial charge < -0.3 is 5.32 Å². The Labute approximate surface area is 223 Å². The third kappa shape index (κ3) is 4.67. The van der Waals surface area contributed by atoms with E-state index >= 15 is 0 Å². The van der Waals surface area contributed by atoms with Gasteiger partial charge in [-0.3, -0.25) is 14.9 Å². The molecule has 1 aliphatic carbocycles. The van der Waals surface area contributed by atoms with Gasteiger partial charge in [-0.2, -0.15) is 23.4 Å². The molecule has 202 valence electrons. The molecule has 2 aliphatic rings. The number of hydrogen-bond acceptors (Lipinski definition) is 4. The molecular formula is C28H28F3N7O. The van der Waals surface area contributed by atoms with E-state index in [1.807, 2.05) is 74.8 Å². The number of carbonyl (C=O) groups excluding carboxylic acids is 1. The normalized spacial score (nSPS) is 18.1. The number of halogens is 3. The maximum atomic E-state index is 13.5. The first kappa shape index (κ1) is 25.2. The van der Waals surface area contributed by atoms with Gasteiger partial charge in [-0.1, -0.05) is 42.5 Å². The number of benzene rings is 2. The molecule has 11 heteroatoms. The Morgan fingerprint density at radius 2 is 1.82 bits per heavy atom. The van der Waals surface area contributed by atoms with Crippen molar-refractivity contribution in [3.05, 3.63) is 83.7 Å². The molecule has 1 unspecified atom stereocenters. The summed E-state index contributed by atoms with van der Waals surface area (Å²) < 4.78 is 43.8. The lowest BCUT2D eigenvalue weighted by molar-refractivity contribution is -0.155. The van der Waals surface area contributed by atoms with Gasteiger partial charge in [-0.15, -0.1) is 0 Å². The van der Waals surface area contributed by atoms with E-state index in [1.165, 1.54) is 4.90 Å². The zero-order chi connectivity index (χ0) is 27.4. The zero-order valence-electron chi connectivity index (χ0n) is 21.5. The molecule has 2 amide bonds. The van der Waals surface area contributed by atoms with Crippen molar-refractivity contribution in [2.24, 2.45) is 7.05 Å². The van der Waals surface area contributed by atoms with Crippen molar-refractivity contribution < 1.29 is 18.0 Å². The van der Waals surface area contributed by atoms with Crippen LogP contribution in [0.1, 0.15) is 35.6 Å². The van der Waals surface area contributed by atoms with Gasteiger partial charge in [0.2, 0.25) is 0 Å². The number of hydrogen-bond donors (Lipinski definition) is 2. The Morgan fingerprint density at radius 3 is 2.49 bits per heavy atom. The Morgan fingerprint density at radius 1 is 1.10 bits per heavy atom. The topological polar surface area (TPSA) is 80.0 Å². The minimum Gasteiger partial charge on any atom is -0.330 e. The van der Waals surface area contributed by atoms with Gasteiger partial charge in [0.15, 0.2) is 0 Å². The maximum Gasteiger partial charge on any atom is 0.401 e. The highest BCUT2D eigenvalue weighted by Gasteiger charge is 2.56. The van der Waals surface area contributed by atoms with E-state index in [2.05, 4.69) is 15.7 Å². The summed E-state index contributed by atoms with van der Waals surface area (Å²) in [5.41, 5.74) is 4.05. The zero-order valence-corrected chi connectivity index (χ0v) is 21.5. The number of fused-ring (bicyclic) bond motifs is 2. The van der Waals surface area contributed by atoms with Crippen molar-refractivity contribution in [1.82, 2.24) is 29.8 Å². The summed E-state index contributed by atoms with van der Waals surface area (Å²) in [5.74, 6) is 0.465. The molecule has 1 atom stereocenters. The van der Waals surface area contributed by atoms with Crippen molar-refractivity contribution in [2.45, 2.75) is 37.5 Å². The summed E-state index contributed by atoms with van der Waals surface area (Å²) in [6, 6.07) is 15.7. The highest BCUT2D eigenvalue weighted by molar-refractivity contribution is 5.91. The SMILES string of the molecule is Cc1c(-c2cnn(C)c2)nn(-c2ccccc2)c1NC(=O)NC1CN(CC(F)(F)F)C2(CC2)c2ccccc21. The number of urea groups is 1. The van der Waals surface area contributed by atoms with Crippen LogP contribution in [0.3, 0.4) is 0 Å². The summed E-state index contributed by atoms with van der Waals surface area (Å²) in [7, 11) is 1.81. The standard InChI is InChI=1S/C28H28F3N7O/c1-18-24(19-14-32-36(2)15-19)35-38(20-8-4-3-5-9-20)25(18)34-26(39)33-23-16-37(17-28(29,30)31)27(12-13-27)22-11-7-6-10-21(22)23/h3-11,14-15,23H,12-13,16-17H2,1-2H3,(H2,33,34,39). The molecule has 0 bridgehead atoms. The number of carbonyl (C=O) groups is 1. The van der Waals surface area contributed by atoms with Gasteiger partial charge in [-0.05, 0) is 43.0 Å². The van der Waals surface area contributed by atoms with Crippen molar-refractivity contribution in [1.29, 1.82) is 0 Å². The van der Waals surface area contributed by atoms with E-state index in [9.17, 15) is 18.0 Å². The van der Waals surface area contributed by atoms with Gasteiger partial charge >= 0.3 is 12.2 Å². The van der Waals surface area contributed by atoms with Gasteiger partial charge in [0, 0.05) is 36.5 Å². The number of amides is 2. The molecule has 1 saturated carbocycles. The monoisotopic (exact) mass is 535 g/mol. The molecule has 1 aliphatic heterocycles. The highest BCUT2D eigenvalue weighted by Crippen LogP contribution is 2.56. The summed E-state index contributed by atoms with van der Waals surface area (Å²) in [6.07, 6.45) is 0.556. The Kier molecular flexibility index (Phi) is 5.98. The number of rotatable bonds is 5. The van der Waals surface area contributed by atoms with Crippen LogP contribution in [-0.2, 0) is 12.6 Å². The van der Waals surface area contributed by atoms with Crippen LogP contribution < -0.4 is 10.6 Å². The molecule has 39 heavy (non-hydrogen) atoms. The average Bonchev–Trinajstić information content (AvgIpc) is 3.49. The molecular weight excluding hydrogens is 507 g/mol. The fraction of sp³-hybridized carbons (Fsp3) is 0.321. The molecule has 6 rings (SSSR count). The molecule has 2 N–H and O–H groups in total. The minimum atomic E-state index is -4.34. The molecule has 1 spiro atoms. The van der Waals surface area contributed by atoms with Crippen molar-refractivity contribution in [3.63, 3.8) is 0 Å². The molecule has 1 fully saturated rings. The predicted octanol–water partition coefficient (Wildman–Crippen LogP) is 5.31. The van der Waals surface area contributed by atoms with Crippen molar-refractivity contribution in [3.8, 4) is 16.9 Å². The largest absolute Gasteiger partial charge is 0.401 e. The fourth-order valence-electron chi connectivity index (χ4n) is 5.67. The van der Waals surface area contributed by atoms with Crippen molar-refractivity contribution in [2.75, 3.05) is 18.4 Å². The lowest BCUT2D eigenvalue weighted by Crippen LogP contribution is -2.51. The van der Waals surface area contributed by atoms with Crippen LogP contribution in [0.25, 0.3) is 16.9 Å². The van der Waals surface area contributed by atoms with E-state index in [0.29, 0.717) is 24.4 Å². The highest BCUT2D eigenvalue weighted by atomic mass is 19.4. The van der Waals surface area contributed by atoms with Crippen LogP contribution in [0.2, 0.25) is 0 Å². The van der Waals surface area contributed by atoms with Crippen molar-refractivity contribution >= 4 is 11.8 Å². The number of anilines is 1. The van der Waals surface area contributed by atoms with Crippen LogP contribution >= 0.6 is 0 Å². The Hall–Kier alpha value is -4.12. The second-order valence-corrected chi connectivity index (χ2v) is 10.2. The van der Waals surface area contributed by atoms with Crippen LogP contribution in [0.5, 0.6) is 0 Å². The molecule has 3 heterocycles. The van der Waals surface area contributed by atoms with Gasteiger partial charge in [0.05, 0.1) is 24.5 Å². The number of alkyl halides is 3. The maximum absolute atomic E-state index is 13.5. The van der Waals surface area contributed by atoms with E-state index in [1.54, 1.807) is 15.6 Å². The number of para-hydroxylation sites is 1. The number of aryl methyl sites for hydroxylation is 1. The van der Waals surface area contributed by atoms with Crippen LogP contribution in [0.15, 0.2) is 67.0 Å². The third-order valence-electron chi connectivity index (χ3n) is 7.58. The Balaban J connectivity index is 1.31. The second kappa shape index (κ2) is 9.26. The van der Waals surface area contributed by atoms with E-state index in [4.69, 9.17) is 5.10 Å². The Bertz CT molecular complexity index is 1520. The van der Waals surface area contributed by atoms with Crippen LogP contribution in [-0.4, -0.2) is 49.8 Å². The van der Waals surface area contributed by atoms with E-state index in [0.717, 1.165) is 27.9 Å². The summed E-state index contributed by atoms with van der Waals surface area (Å²) in [6.45, 7) is 0.916. The van der Waals surface area contributed by atoms with Crippen LogP contribution in [0.4, 0.5) is 23.8 Å². The third-order valence-corrected chi connectivity index (χ3v) is 7.58. The average molecular weight is 536 g/mol. The first-order chi connectivity index (χ1) is 18.6. The summed E-state index contributed by atoms with van der Waals surface area (Å²) >= 11 is 0. The lowest BCUT2D eigenvalue weighted by Gasteiger charge is -2.42. The predicted molar refractivity (Wildman–Crippen MR) is 140 cm³/mol. The lowest BCUT2D eigenvalue weighted by atomic mass is 9.87. The molecule has 4 aromatic rings. The number of nitrogens with zero attached hydrogens (tertiary/aromatic N) is 5. The fourth-order valence-corrected chi connectivity index (χ4v) is 5.67. The van der Waals surface area contributed by atoms with Gasteiger partial charge in [0.25, 0.3) is 0 Å².